The molecule has 0 bridgehead atoms. The standard InChI is InChI=1S/C19H21ClN2O2/c20-16-4-1-3-15(11-16)13-24-17-8-6-14(7-9-17)12-22-10-2-5-18(22)19(21)23/h1,3-4,6-9,11,18H,2,5,10,12-13H2,(H2,21,23). The second kappa shape index (κ2) is 7.69. The van der Waals surface area contributed by atoms with E-state index in [-0.39, 0.29) is 11.9 Å². The zero-order valence-electron chi connectivity index (χ0n) is 13.5. The number of nitrogens with zero attached hydrogens (tertiary/aromatic N) is 1. The topological polar surface area (TPSA) is 55.6 Å². The van der Waals surface area contributed by atoms with Gasteiger partial charge < -0.3 is 10.5 Å². The summed E-state index contributed by atoms with van der Waals surface area (Å²) in [5.41, 5.74) is 7.65. The lowest BCUT2D eigenvalue weighted by Crippen LogP contribution is -2.39. The Morgan fingerprint density at radius 3 is 2.71 bits per heavy atom. The fourth-order valence-corrected chi connectivity index (χ4v) is 3.27. The van der Waals surface area contributed by atoms with Crippen LogP contribution in [-0.2, 0) is 17.9 Å². The Morgan fingerprint density at radius 2 is 2.00 bits per heavy atom. The summed E-state index contributed by atoms with van der Waals surface area (Å²) in [6, 6.07) is 15.5. The van der Waals surface area contributed by atoms with E-state index in [1.54, 1.807) is 0 Å². The van der Waals surface area contributed by atoms with E-state index in [9.17, 15) is 4.79 Å². The van der Waals surface area contributed by atoms with Crippen LogP contribution in [0.4, 0.5) is 0 Å². The number of carbonyl (C=O) groups is 1. The van der Waals surface area contributed by atoms with E-state index in [0.717, 1.165) is 42.8 Å². The molecule has 1 unspecified atom stereocenters. The summed E-state index contributed by atoms with van der Waals surface area (Å²) in [6.45, 7) is 2.14. The van der Waals surface area contributed by atoms with Crippen molar-refractivity contribution in [2.45, 2.75) is 32.0 Å². The lowest BCUT2D eigenvalue weighted by Gasteiger charge is -2.21. The number of nitrogens with two attached hydrogens (primary N) is 1. The van der Waals surface area contributed by atoms with Gasteiger partial charge in [0.1, 0.15) is 12.4 Å². The minimum absolute atomic E-state index is 0.135. The summed E-state index contributed by atoms with van der Waals surface area (Å²) in [5.74, 6) is 0.584. The van der Waals surface area contributed by atoms with Gasteiger partial charge in [0, 0.05) is 11.6 Å². The van der Waals surface area contributed by atoms with Crippen LogP contribution in [-0.4, -0.2) is 23.4 Å². The first-order valence-corrected chi connectivity index (χ1v) is 8.49. The molecular formula is C19H21ClN2O2. The van der Waals surface area contributed by atoms with Crippen LogP contribution in [0.2, 0.25) is 5.02 Å². The van der Waals surface area contributed by atoms with Crippen LogP contribution in [0.5, 0.6) is 5.75 Å². The summed E-state index contributed by atoms with van der Waals surface area (Å²) in [4.78, 5) is 13.6. The van der Waals surface area contributed by atoms with Crippen molar-refractivity contribution in [3.8, 4) is 5.75 Å². The molecule has 1 amide bonds. The van der Waals surface area contributed by atoms with Crippen LogP contribution in [0.15, 0.2) is 48.5 Å². The molecule has 5 heteroatoms. The van der Waals surface area contributed by atoms with Crippen LogP contribution >= 0.6 is 11.6 Å². The number of amides is 1. The Kier molecular flexibility index (Phi) is 5.38. The number of ether oxygens (including phenoxy) is 1. The van der Waals surface area contributed by atoms with Crippen molar-refractivity contribution >= 4 is 17.5 Å². The highest BCUT2D eigenvalue weighted by atomic mass is 35.5. The monoisotopic (exact) mass is 344 g/mol. The fraction of sp³-hybridized carbons (Fsp3) is 0.316. The lowest BCUT2D eigenvalue weighted by atomic mass is 10.1. The Morgan fingerprint density at radius 1 is 1.21 bits per heavy atom. The van der Waals surface area contributed by atoms with E-state index in [4.69, 9.17) is 22.1 Å². The minimum Gasteiger partial charge on any atom is -0.489 e. The number of likely N-dealkylation sites (tertiary alicyclic amines) is 1. The molecule has 1 atom stereocenters. The van der Waals surface area contributed by atoms with Crippen LogP contribution in [0.3, 0.4) is 0 Å². The van der Waals surface area contributed by atoms with Crippen molar-refractivity contribution < 1.29 is 9.53 Å². The van der Waals surface area contributed by atoms with E-state index in [0.29, 0.717) is 11.6 Å². The van der Waals surface area contributed by atoms with Gasteiger partial charge >= 0.3 is 0 Å². The fourth-order valence-electron chi connectivity index (χ4n) is 3.06. The van der Waals surface area contributed by atoms with Gasteiger partial charge in [-0.25, -0.2) is 0 Å². The molecule has 2 aromatic carbocycles. The predicted molar refractivity (Wildman–Crippen MR) is 94.9 cm³/mol. The second-order valence-electron chi connectivity index (χ2n) is 6.09. The quantitative estimate of drug-likeness (QED) is 0.874. The Labute approximate surface area is 147 Å². The molecule has 2 aromatic rings. The van der Waals surface area contributed by atoms with E-state index in [1.165, 1.54) is 0 Å². The van der Waals surface area contributed by atoms with Gasteiger partial charge in [-0.2, -0.15) is 0 Å². The highest BCUT2D eigenvalue weighted by Gasteiger charge is 2.28. The molecule has 126 valence electrons. The molecule has 1 aliphatic rings. The van der Waals surface area contributed by atoms with Crippen LogP contribution in [0.1, 0.15) is 24.0 Å². The molecule has 0 aromatic heterocycles. The van der Waals surface area contributed by atoms with Gasteiger partial charge in [0.15, 0.2) is 0 Å². The van der Waals surface area contributed by atoms with Crippen molar-refractivity contribution in [1.82, 2.24) is 4.90 Å². The molecule has 0 radical (unpaired) electrons. The lowest BCUT2D eigenvalue weighted by molar-refractivity contribution is -0.122. The third-order valence-corrected chi connectivity index (χ3v) is 4.53. The van der Waals surface area contributed by atoms with Gasteiger partial charge in [0.2, 0.25) is 5.91 Å². The number of primary amides is 1. The summed E-state index contributed by atoms with van der Waals surface area (Å²) in [6.07, 6.45) is 1.88. The SMILES string of the molecule is NC(=O)C1CCCN1Cc1ccc(OCc2cccc(Cl)c2)cc1. The Bertz CT molecular complexity index is 703. The van der Waals surface area contributed by atoms with Crippen molar-refractivity contribution in [2.24, 2.45) is 5.73 Å². The van der Waals surface area contributed by atoms with Gasteiger partial charge in [-0.3, -0.25) is 9.69 Å². The summed E-state index contributed by atoms with van der Waals surface area (Å²) < 4.78 is 5.79. The minimum atomic E-state index is -0.228. The van der Waals surface area contributed by atoms with Gasteiger partial charge in [-0.05, 0) is 54.8 Å². The molecule has 1 saturated heterocycles. The molecular weight excluding hydrogens is 324 g/mol. The summed E-state index contributed by atoms with van der Waals surface area (Å²) >= 11 is 5.97. The molecule has 2 N–H and O–H groups in total. The zero-order chi connectivity index (χ0) is 16.9. The Hall–Kier alpha value is -2.04. The summed E-state index contributed by atoms with van der Waals surface area (Å²) in [5, 5.41) is 0.709. The molecule has 1 fully saturated rings. The molecule has 1 heterocycles. The highest BCUT2D eigenvalue weighted by molar-refractivity contribution is 6.30. The van der Waals surface area contributed by atoms with Gasteiger partial charge in [-0.1, -0.05) is 35.9 Å². The molecule has 0 aliphatic carbocycles. The first-order chi connectivity index (χ1) is 11.6. The van der Waals surface area contributed by atoms with Gasteiger partial charge in [-0.15, -0.1) is 0 Å². The Balaban J connectivity index is 1.56. The first-order valence-electron chi connectivity index (χ1n) is 8.11. The number of benzene rings is 2. The second-order valence-corrected chi connectivity index (χ2v) is 6.53. The smallest absolute Gasteiger partial charge is 0.234 e. The summed E-state index contributed by atoms with van der Waals surface area (Å²) in [7, 11) is 0. The molecule has 24 heavy (non-hydrogen) atoms. The molecule has 1 aliphatic heterocycles. The largest absolute Gasteiger partial charge is 0.489 e. The van der Waals surface area contributed by atoms with E-state index >= 15 is 0 Å². The maximum Gasteiger partial charge on any atom is 0.234 e. The zero-order valence-corrected chi connectivity index (χ0v) is 14.2. The van der Waals surface area contributed by atoms with E-state index in [1.807, 2.05) is 48.5 Å². The average molecular weight is 345 g/mol. The number of hydrogen-bond donors (Lipinski definition) is 1. The van der Waals surface area contributed by atoms with Crippen LogP contribution < -0.4 is 10.5 Å². The number of halogens is 1. The first kappa shape index (κ1) is 16.8. The number of carbonyl (C=O) groups excluding carboxylic acids is 1. The van der Waals surface area contributed by atoms with Crippen molar-refractivity contribution in [2.75, 3.05) is 6.54 Å². The van der Waals surface area contributed by atoms with Crippen molar-refractivity contribution in [3.05, 3.63) is 64.7 Å². The molecule has 4 nitrogen and oxygen atoms in total. The number of hydrogen-bond acceptors (Lipinski definition) is 3. The van der Waals surface area contributed by atoms with E-state index in [2.05, 4.69) is 4.90 Å². The predicted octanol–water partition coefficient (Wildman–Crippen LogP) is 3.37. The van der Waals surface area contributed by atoms with Gasteiger partial charge in [0.25, 0.3) is 0 Å². The molecule has 0 saturated carbocycles. The maximum atomic E-state index is 11.5. The molecule has 0 spiro atoms. The normalized spacial score (nSPS) is 17.8. The van der Waals surface area contributed by atoms with Crippen LogP contribution in [0, 0.1) is 0 Å². The third kappa shape index (κ3) is 4.28. The third-order valence-electron chi connectivity index (χ3n) is 4.30. The van der Waals surface area contributed by atoms with Crippen molar-refractivity contribution in [3.63, 3.8) is 0 Å². The maximum absolute atomic E-state index is 11.5. The van der Waals surface area contributed by atoms with Crippen molar-refractivity contribution in [1.29, 1.82) is 0 Å². The van der Waals surface area contributed by atoms with E-state index < -0.39 is 0 Å². The highest BCUT2D eigenvalue weighted by Crippen LogP contribution is 2.21. The van der Waals surface area contributed by atoms with Crippen LogP contribution in [0.25, 0.3) is 0 Å². The average Bonchev–Trinajstić information content (AvgIpc) is 3.03. The number of rotatable bonds is 6. The van der Waals surface area contributed by atoms with Gasteiger partial charge in [0.05, 0.1) is 6.04 Å². The molecule has 3 rings (SSSR count).